The van der Waals surface area contributed by atoms with Gasteiger partial charge < -0.3 is 37.2 Å². The lowest BCUT2D eigenvalue weighted by Crippen LogP contribution is -2.62. The highest BCUT2D eigenvalue weighted by Gasteiger charge is 2.36. The highest BCUT2D eigenvalue weighted by atomic mass is 16.4. The molecule has 0 aromatic heterocycles. The number of carbonyl (C=O) groups is 5. The molecular formula is C26H49N5O7. The third kappa shape index (κ3) is 10.6. The second kappa shape index (κ2) is 16.3. The molecule has 12 heteroatoms. The molecule has 12 nitrogen and oxygen atoms in total. The van der Waals surface area contributed by atoms with Gasteiger partial charge in [-0.1, -0.05) is 68.2 Å². The Morgan fingerprint density at radius 2 is 0.947 bits per heavy atom. The molecule has 0 unspecified atom stereocenters. The van der Waals surface area contributed by atoms with Crippen LogP contribution in [0.3, 0.4) is 0 Å². The van der Waals surface area contributed by atoms with E-state index in [1.807, 2.05) is 13.8 Å². The second-order valence-electron chi connectivity index (χ2n) is 10.8. The molecule has 0 aromatic carbocycles. The molecule has 0 radical (unpaired) electrons. The summed E-state index contributed by atoms with van der Waals surface area (Å²) >= 11 is 0. The number of aliphatic hydroxyl groups excluding tert-OH is 1. The summed E-state index contributed by atoms with van der Waals surface area (Å²) in [4.78, 5) is 63.5. The monoisotopic (exact) mass is 543 g/mol. The number of nitrogens with one attached hydrogen (secondary N) is 4. The van der Waals surface area contributed by atoms with Crippen LogP contribution < -0.4 is 27.0 Å². The van der Waals surface area contributed by atoms with Gasteiger partial charge in [0, 0.05) is 0 Å². The number of aliphatic hydroxyl groups is 1. The van der Waals surface area contributed by atoms with E-state index in [1.165, 1.54) is 6.92 Å². The van der Waals surface area contributed by atoms with Crippen LogP contribution in [0, 0.1) is 23.7 Å². The second-order valence-corrected chi connectivity index (χ2v) is 10.8. The van der Waals surface area contributed by atoms with Crippen LogP contribution in [0.2, 0.25) is 0 Å². The zero-order valence-electron chi connectivity index (χ0n) is 24.2. The summed E-state index contributed by atoms with van der Waals surface area (Å²) in [5, 5.41) is 29.4. The molecule has 8 atom stereocenters. The van der Waals surface area contributed by atoms with Gasteiger partial charge in [0.25, 0.3) is 0 Å². The molecule has 0 saturated carbocycles. The van der Waals surface area contributed by atoms with Gasteiger partial charge in [0.05, 0.1) is 12.1 Å². The van der Waals surface area contributed by atoms with Crippen molar-refractivity contribution < 1.29 is 34.2 Å². The number of carbonyl (C=O) groups excluding carboxylic acids is 4. The SMILES string of the molecule is CC[C@H](C)[C@H](NC(=O)[C@@H](N)C(C)C)C(=O)N[C@H](C(=O)N[C@H](C(=O)N[C@H](C(=O)O)[C@@H](C)O)[C@@H](C)CC)C(C)C. The minimum atomic E-state index is -1.55. The molecule has 38 heavy (non-hydrogen) atoms. The van der Waals surface area contributed by atoms with Crippen LogP contribution in [0.25, 0.3) is 0 Å². The molecule has 0 rings (SSSR count). The Kier molecular flexibility index (Phi) is 15.1. The van der Waals surface area contributed by atoms with Crippen LogP contribution in [0.4, 0.5) is 0 Å². The maximum atomic E-state index is 13.3. The third-order valence-electron chi connectivity index (χ3n) is 6.90. The van der Waals surface area contributed by atoms with Gasteiger partial charge in [-0.3, -0.25) is 19.2 Å². The Morgan fingerprint density at radius 3 is 1.26 bits per heavy atom. The molecule has 0 saturated heterocycles. The van der Waals surface area contributed by atoms with E-state index in [0.717, 1.165) is 0 Å². The molecule has 220 valence electrons. The van der Waals surface area contributed by atoms with Gasteiger partial charge in [-0.15, -0.1) is 0 Å². The van der Waals surface area contributed by atoms with Crippen LogP contribution in [-0.2, 0) is 24.0 Å². The Bertz CT molecular complexity index is 818. The van der Waals surface area contributed by atoms with Gasteiger partial charge in [0.1, 0.15) is 18.1 Å². The first-order chi connectivity index (χ1) is 17.5. The molecule has 4 amide bonds. The van der Waals surface area contributed by atoms with E-state index in [1.54, 1.807) is 41.5 Å². The first-order valence-corrected chi connectivity index (χ1v) is 13.4. The summed E-state index contributed by atoms with van der Waals surface area (Å²) in [6.45, 7) is 15.5. The quantitative estimate of drug-likeness (QED) is 0.142. The highest BCUT2D eigenvalue weighted by molar-refractivity contribution is 5.95. The molecule has 0 aliphatic heterocycles. The standard InChI is InChI=1S/C26H49N5O7/c1-10-14(7)19(29-22(33)17(27)12(3)4)24(35)28-18(13(5)6)23(34)30-20(15(8)11-2)25(36)31-21(16(9)32)26(37)38/h12-21,32H,10-11,27H2,1-9H3,(H,28,35)(H,29,33)(H,30,34)(H,31,36)(H,37,38)/t14-,15-,16+,17-,18-,19-,20-,21-/m0/s1. The van der Waals surface area contributed by atoms with E-state index in [0.29, 0.717) is 12.8 Å². The maximum absolute atomic E-state index is 13.3. The molecule has 0 aliphatic rings. The molecule has 0 fully saturated rings. The summed E-state index contributed by atoms with van der Waals surface area (Å²) in [6.07, 6.45) is -0.288. The normalized spacial score (nSPS) is 17.8. The first-order valence-electron chi connectivity index (χ1n) is 13.4. The fraction of sp³-hybridized carbons (Fsp3) is 0.808. The van der Waals surface area contributed by atoms with Crippen molar-refractivity contribution in [1.82, 2.24) is 21.3 Å². The average molecular weight is 544 g/mol. The summed E-state index contributed by atoms with van der Waals surface area (Å²) in [5.41, 5.74) is 5.95. The first kappa shape index (κ1) is 35.3. The minimum Gasteiger partial charge on any atom is -0.480 e. The van der Waals surface area contributed by atoms with Crippen LogP contribution in [0.1, 0.15) is 75.2 Å². The van der Waals surface area contributed by atoms with Crippen molar-refractivity contribution in [3.63, 3.8) is 0 Å². The molecule has 0 bridgehead atoms. The van der Waals surface area contributed by atoms with E-state index in [-0.39, 0.29) is 23.7 Å². The van der Waals surface area contributed by atoms with E-state index < -0.39 is 65.9 Å². The fourth-order valence-electron chi connectivity index (χ4n) is 3.61. The highest BCUT2D eigenvalue weighted by Crippen LogP contribution is 2.13. The number of hydrogen-bond acceptors (Lipinski definition) is 7. The lowest BCUT2D eigenvalue weighted by molar-refractivity contribution is -0.145. The fourth-order valence-corrected chi connectivity index (χ4v) is 3.61. The van der Waals surface area contributed by atoms with Gasteiger partial charge in [-0.05, 0) is 30.6 Å². The Hall–Kier alpha value is -2.73. The van der Waals surface area contributed by atoms with Gasteiger partial charge in [-0.2, -0.15) is 0 Å². The summed E-state index contributed by atoms with van der Waals surface area (Å²) in [7, 11) is 0. The van der Waals surface area contributed by atoms with Crippen LogP contribution in [0.15, 0.2) is 0 Å². The van der Waals surface area contributed by atoms with Gasteiger partial charge in [0.2, 0.25) is 23.6 Å². The largest absolute Gasteiger partial charge is 0.480 e. The summed E-state index contributed by atoms with van der Waals surface area (Å²) in [5.74, 6) is -4.97. The predicted molar refractivity (Wildman–Crippen MR) is 144 cm³/mol. The van der Waals surface area contributed by atoms with E-state index in [9.17, 15) is 34.2 Å². The number of carboxylic acid groups (broad SMARTS) is 1. The number of nitrogens with two attached hydrogens (primary N) is 1. The lowest BCUT2D eigenvalue weighted by atomic mass is 9.94. The van der Waals surface area contributed by atoms with E-state index >= 15 is 0 Å². The molecule has 0 heterocycles. The van der Waals surface area contributed by atoms with Crippen molar-refractivity contribution in [1.29, 1.82) is 0 Å². The van der Waals surface area contributed by atoms with E-state index in [4.69, 9.17) is 5.73 Å². The van der Waals surface area contributed by atoms with Crippen LogP contribution >= 0.6 is 0 Å². The molecule has 0 aromatic rings. The van der Waals surface area contributed by atoms with Crippen molar-refractivity contribution in [2.45, 2.75) is 111 Å². The Balaban J connectivity index is 5.85. The lowest BCUT2D eigenvalue weighted by Gasteiger charge is -2.31. The number of carboxylic acids is 1. The summed E-state index contributed by atoms with van der Waals surface area (Å²) in [6, 6.07) is -5.44. The summed E-state index contributed by atoms with van der Waals surface area (Å²) < 4.78 is 0. The average Bonchev–Trinajstić information content (AvgIpc) is 2.84. The molecule has 8 N–H and O–H groups in total. The predicted octanol–water partition coefficient (Wildman–Crippen LogP) is 0.123. The topological polar surface area (TPSA) is 200 Å². The third-order valence-corrected chi connectivity index (χ3v) is 6.90. The number of aliphatic carboxylic acids is 1. The Labute approximate surface area is 226 Å². The van der Waals surface area contributed by atoms with Crippen molar-refractivity contribution in [3.05, 3.63) is 0 Å². The number of rotatable bonds is 16. The molecular weight excluding hydrogens is 494 g/mol. The van der Waals surface area contributed by atoms with Gasteiger partial charge >= 0.3 is 5.97 Å². The van der Waals surface area contributed by atoms with Gasteiger partial charge in [-0.25, -0.2) is 4.79 Å². The molecule has 0 spiro atoms. The maximum Gasteiger partial charge on any atom is 0.328 e. The number of hydrogen-bond donors (Lipinski definition) is 7. The van der Waals surface area contributed by atoms with Gasteiger partial charge in [0.15, 0.2) is 6.04 Å². The smallest absolute Gasteiger partial charge is 0.328 e. The Morgan fingerprint density at radius 1 is 0.605 bits per heavy atom. The van der Waals surface area contributed by atoms with E-state index in [2.05, 4.69) is 21.3 Å². The number of amides is 4. The zero-order chi connectivity index (χ0) is 29.9. The van der Waals surface area contributed by atoms with Crippen molar-refractivity contribution in [2.24, 2.45) is 29.4 Å². The molecule has 0 aliphatic carbocycles. The van der Waals surface area contributed by atoms with Crippen molar-refractivity contribution in [3.8, 4) is 0 Å². The van der Waals surface area contributed by atoms with Crippen LogP contribution in [0.5, 0.6) is 0 Å². The zero-order valence-corrected chi connectivity index (χ0v) is 24.2. The minimum absolute atomic E-state index is 0.136. The van der Waals surface area contributed by atoms with Crippen molar-refractivity contribution in [2.75, 3.05) is 0 Å². The van der Waals surface area contributed by atoms with Crippen molar-refractivity contribution >= 4 is 29.6 Å². The van der Waals surface area contributed by atoms with Crippen LogP contribution in [-0.4, -0.2) is 76.1 Å².